The maximum absolute atomic E-state index is 4.30. The highest BCUT2D eigenvalue weighted by atomic mass is 127. The lowest BCUT2D eigenvalue weighted by Crippen LogP contribution is -2.46. The molecule has 0 aliphatic rings. The van der Waals surface area contributed by atoms with Crippen LogP contribution in [-0.2, 0) is 5.41 Å². The molecule has 0 unspecified atom stereocenters. The Hall–Kier alpha value is 0.0500. The minimum absolute atomic E-state index is 0. The van der Waals surface area contributed by atoms with Crippen LogP contribution in [-0.4, -0.2) is 37.1 Å². The van der Waals surface area contributed by atoms with Crippen LogP contribution in [0.25, 0.3) is 0 Å². The van der Waals surface area contributed by atoms with Gasteiger partial charge >= 0.3 is 0 Å². The van der Waals surface area contributed by atoms with Crippen molar-refractivity contribution >= 4 is 53.0 Å². The summed E-state index contributed by atoms with van der Waals surface area (Å²) < 4.78 is 0.209. The number of nitrogens with zero attached hydrogens (tertiary/aromatic N) is 1. The predicted octanol–water partition coefficient (Wildman–Crippen LogP) is 3.95. The highest BCUT2D eigenvalue weighted by molar-refractivity contribution is 14.0. The molecule has 0 aromatic carbocycles. The van der Waals surface area contributed by atoms with E-state index in [1.807, 2.05) is 18.8 Å². The van der Waals surface area contributed by atoms with E-state index in [1.165, 1.54) is 4.88 Å². The third-order valence-corrected chi connectivity index (χ3v) is 5.83. The first-order valence-electron chi connectivity index (χ1n) is 6.84. The molecule has 3 nitrogen and oxygen atoms in total. The van der Waals surface area contributed by atoms with E-state index < -0.39 is 0 Å². The number of rotatable bonds is 6. The topological polar surface area (TPSA) is 36.4 Å². The summed E-state index contributed by atoms with van der Waals surface area (Å²) in [6, 6.07) is 4.30. The minimum atomic E-state index is 0. The van der Waals surface area contributed by atoms with Gasteiger partial charge in [-0.05, 0) is 31.5 Å². The van der Waals surface area contributed by atoms with E-state index in [4.69, 9.17) is 0 Å². The Labute approximate surface area is 154 Å². The molecule has 0 radical (unpaired) electrons. The number of aliphatic imine (C=N–C) groups is 1. The van der Waals surface area contributed by atoms with E-state index in [2.05, 4.69) is 67.1 Å². The fourth-order valence-corrected chi connectivity index (χ4v) is 2.71. The van der Waals surface area contributed by atoms with Crippen molar-refractivity contribution in [3.63, 3.8) is 0 Å². The summed E-state index contributed by atoms with van der Waals surface area (Å²) in [5.74, 6) is 0.872. The van der Waals surface area contributed by atoms with Gasteiger partial charge in [0.1, 0.15) is 0 Å². The zero-order valence-corrected chi connectivity index (χ0v) is 17.8. The lowest BCUT2D eigenvalue weighted by Gasteiger charge is -2.27. The average molecular weight is 441 g/mol. The van der Waals surface area contributed by atoms with E-state index in [1.54, 1.807) is 11.3 Å². The van der Waals surface area contributed by atoms with Gasteiger partial charge in [0.05, 0.1) is 0 Å². The second-order valence-corrected chi connectivity index (χ2v) is 8.57. The molecule has 0 bridgehead atoms. The van der Waals surface area contributed by atoms with Gasteiger partial charge < -0.3 is 10.6 Å². The first kappa shape index (κ1) is 21.0. The Kier molecular flexibility index (Phi) is 9.27. The van der Waals surface area contributed by atoms with Crippen molar-refractivity contribution in [2.75, 3.05) is 26.4 Å². The van der Waals surface area contributed by atoms with Crippen LogP contribution >= 0.6 is 47.1 Å². The summed E-state index contributed by atoms with van der Waals surface area (Å²) in [5, 5.41) is 8.96. The van der Waals surface area contributed by atoms with Gasteiger partial charge in [0.15, 0.2) is 5.96 Å². The van der Waals surface area contributed by atoms with E-state index in [9.17, 15) is 0 Å². The molecule has 1 rings (SSSR count). The molecule has 0 fully saturated rings. The van der Waals surface area contributed by atoms with Crippen LogP contribution in [0.4, 0.5) is 0 Å². The normalized spacial score (nSPS) is 12.8. The van der Waals surface area contributed by atoms with Gasteiger partial charge in [0, 0.05) is 35.2 Å². The molecular formula is C15H28IN3S2. The Balaban J connectivity index is 0.00000400. The number of guanidine groups is 1. The predicted molar refractivity (Wildman–Crippen MR) is 110 cm³/mol. The smallest absolute Gasteiger partial charge is 0.191 e. The number of thioether (sulfide) groups is 1. The Morgan fingerprint density at radius 3 is 2.33 bits per heavy atom. The average Bonchev–Trinajstić information content (AvgIpc) is 2.93. The highest BCUT2D eigenvalue weighted by Gasteiger charge is 2.22. The van der Waals surface area contributed by atoms with Crippen molar-refractivity contribution in [3.05, 3.63) is 22.4 Å². The number of hydrogen-bond acceptors (Lipinski definition) is 3. The molecule has 0 aliphatic heterocycles. The zero-order valence-electron chi connectivity index (χ0n) is 13.8. The van der Waals surface area contributed by atoms with Gasteiger partial charge in [-0.1, -0.05) is 19.9 Å². The Morgan fingerprint density at radius 1 is 1.24 bits per heavy atom. The van der Waals surface area contributed by atoms with Crippen LogP contribution < -0.4 is 10.6 Å². The number of hydrogen-bond donors (Lipinski definition) is 2. The molecule has 0 spiro atoms. The summed E-state index contributed by atoms with van der Waals surface area (Å²) in [7, 11) is 1.82. The molecule has 6 heteroatoms. The van der Waals surface area contributed by atoms with Crippen LogP contribution in [0.1, 0.15) is 32.6 Å². The molecule has 1 aromatic heterocycles. The van der Waals surface area contributed by atoms with E-state index >= 15 is 0 Å². The molecule has 0 atom stereocenters. The van der Waals surface area contributed by atoms with Crippen LogP contribution in [0, 0.1) is 0 Å². The molecule has 2 N–H and O–H groups in total. The van der Waals surface area contributed by atoms with Crippen molar-refractivity contribution in [2.24, 2.45) is 4.99 Å². The standard InChI is InChI=1S/C15H27N3S2.HI/c1-14(2,12-8-7-9-20-12)10-17-13(16-5)18-11-15(3,4)19-6;/h7-9H,10-11H2,1-6H3,(H2,16,17,18);1H. The van der Waals surface area contributed by atoms with Gasteiger partial charge in [-0.2, -0.15) is 11.8 Å². The van der Waals surface area contributed by atoms with E-state index in [0.29, 0.717) is 0 Å². The SMILES string of the molecule is CN=C(NCC(C)(C)SC)NCC(C)(C)c1cccs1.I. The largest absolute Gasteiger partial charge is 0.356 e. The molecule has 1 aromatic rings. The van der Waals surface area contributed by atoms with Crippen molar-refractivity contribution in [3.8, 4) is 0 Å². The van der Waals surface area contributed by atoms with Gasteiger partial charge in [-0.3, -0.25) is 4.99 Å². The summed E-state index contributed by atoms with van der Waals surface area (Å²) in [5.41, 5.74) is 0.112. The first-order chi connectivity index (χ1) is 9.30. The maximum Gasteiger partial charge on any atom is 0.191 e. The molecule has 0 aliphatic carbocycles. The second-order valence-electron chi connectivity index (χ2n) is 6.10. The van der Waals surface area contributed by atoms with Crippen LogP contribution in [0.5, 0.6) is 0 Å². The molecule has 0 saturated heterocycles. The van der Waals surface area contributed by atoms with Crippen LogP contribution in [0.2, 0.25) is 0 Å². The molecule has 0 amide bonds. The van der Waals surface area contributed by atoms with Crippen molar-refractivity contribution in [1.82, 2.24) is 10.6 Å². The lowest BCUT2D eigenvalue weighted by atomic mass is 9.91. The Bertz CT molecular complexity index is 428. The van der Waals surface area contributed by atoms with Crippen molar-refractivity contribution in [1.29, 1.82) is 0 Å². The summed E-state index contributed by atoms with van der Waals surface area (Å²) >= 11 is 3.66. The number of nitrogens with one attached hydrogen (secondary N) is 2. The molecular weight excluding hydrogens is 413 g/mol. The maximum atomic E-state index is 4.30. The first-order valence-corrected chi connectivity index (χ1v) is 8.95. The summed E-state index contributed by atoms with van der Waals surface area (Å²) in [6.07, 6.45) is 2.14. The monoisotopic (exact) mass is 441 g/mol. The van der Waals surface area contributed by atoms with Gasteiger partial charge in [-0.15, -0.1) is 35.3 Å². The van der Waals surface area contributed by atoms with E-state index in [0.717, 1.165) is 19.0 Å². The fourth-order valence-electron chi connectivity index (χ4n) is 1.64. The van der Waals surface area contributed by atoms with Gasteiger partial charge in [-0.25, -0.2) is 0 Å². The summed E-state index contributed by atoms with van der Waals surface area (Å²) in [4.78, 5) is 5.69. The number of thiophene rings is 1. The van der Waals surface area contributed by atoms with Gasteiger partial charge in [0.25, 0.3) is 0 Å². The molecule has 122 valence electrons. The Morgan fingerprint density at radius 2 is 1.86 bits per heavy atom. The minimum Gasteiger partial charge on any atom is -0.356 e. The third-order valence-electron chi connectivity index (χ3n) is 3.34. The van der Waals surface area contributed by atoms with Crippen molar-refractivity contribution in [2.45, 2.75) is 37.9 Å². The molecule has 21 heavy (non-hydrogen) atoms. The van der Waals surface area contributed by atoms with Gasteiger partial charge in [0.2, 0.25) is 0 Å². The zero-order chi connectivity index (χ0) is 15.2. The lowest BCUT2D eigenvalue weighted by molar-refractivity contribution is 0.517. The molecule has 0 saturated carbocycles. The third kappa shape index (κ3) is 7.23. The highest BCUT2D eigenvalue weighted by Crippen LogP contribution is 2.26. The van der Waals surface area contributed by atoms with Crippen molar-refractivity contribution < 1.29 is 0 Å². The fraction of sp³-hybridized carbons (Fsp3) is 0.667. The molecule has 1 heterocycles. The number of halogens is 1. The van der Waals surface area contributed by atoms with Crippen LogP contribution in [0.3, 0.4) is 0 Å². The quantitative estimate of drug-likeness (QED) is 0.399. The summed E-state index contributed by atoms with van der Waals surface area (Å²) in [6.45, 7) is 10.7. The second kappa shape index (κ2) is 9.25. The van der Waals surface area contributed by atoms with Crippen LogP contribution in [0.15, 0.2) is 22.5 Å². The van der Waals surface area contributed by atoms with E-state index in [-0.39, 0.29) is 34.1 Å².